The number of hydrogen-bond donors (Lipinski definition) is 2. The summed E-state index contributed by atoms with van der Waals surface area (Å²) in [5.74, 6) is -0.459. The lowest BCUT2D eigenvalue weighted by atomic mass is 9.54. The summed E-state index contributed by atoms with van der Waals surface area (Å²) in [4.78, 5) is 24.8. The van der Waals surface area contributed by atoms with E-state index in [-0.39, 0.29) is 32.8 Å². The maximum atomic E-state index is 13.5. The average Bonchev–Trinajstić information content (AvgIpc) is 3.06. The number of carbonyl (C=O) groups excluding carboxylic acids is 2. The van der Waals surface area contributed by atoms with E-state index in [1.54, 1.807) is 54.6 Å². The van der Waals surface area contributed by atoms with Crippen LogP contribution in [0.3, 0.4) is 0 Å². The summed E-state index contributed by atoms with van der Waals surface area (Å²) in [6.45, 7) is 3.62. The maximum Gasteiger partial charge on any atom is 0.330 e. The molecule has 2 N–H and O–H groups in total. The highest BCUT2D eigenvalue weighted by molar-refractivity contribution is 5.93. The molecule has 0 saturated heterocycles. The van der Waals surface area contributed by atoms with Crippen LogP contribution in [0.2, 0.25) is 0 Å². The summed E-state index contributed by atoms with van der Waals surface area (Å²) in [6, 6.07) is 23.3. The molecule has 0 aliphatic heterocycles. The molecule has 0 amide bonds. The minimum atomic E-state index is -1.68. The molecule has 3 aliphatic rings. The lowest BCUT2D eigenvalue weighted by Gasteiger charge is -2.53. The van der Waals surface area contributed by atoms with Crippen LogP contribution in [-0.2, 0) is 30.3 Å². The molecule has 0 spiro atoms. The van der Waals surface area contributed by atoms with Crippen LogP contribution in [0.4, 0.5) is 0 Å². The van der Waals surface area contributed by atoms with E-state index < -0.39 is 29.1 Å². The normalized spacial score (nSPS) is 21.1. The van der Waals surface area contributed by atoms with Crippen molar-refractivity contribution in [3.8, 4) is 17.2 Å². The Morgan fingerprint density at radius 2 is 1.39 bits per heavy atom. The first-order valence-electron chi connectivity index (χ1n) is 14.3. The minimum absolute atomic E-state index is 0.0424. The highest BCUT2D eigenvalue weighted by atomic mass is 16.6. The van der Waals surface area contributed by atoms with Gasteiger partial charge in [-0.3, -0.25) is 4.79 Å². The Bertz CT molecular complexity index is 1750. The zero-order valence-corrected chi connectivity index (χ0v) is 24.2. The number of esters is 2. The van der Waals surface area contributed by atoms with Crippen LogP contribution in [0.25, 0.3) is 10.8 Å². The number of aliphatic hydroxyl groups is 2. The van der Waals surface area contributed by atoms with E-state index in [2.05, 4.69) is 6.58 Å². The molecule has 3 atom stereocenters. The number of ether oxygens (including phenoxy) is 5. The molecule has 0 saturated carbocycles. The fourth-order valence-corrected chi connectivity index (χ4v) is 6.33. The molecule has 4 aromatic carbocycles. The van der Waals surface area contributed by atoms with Gasteiger partial charge in [0.15, 0.2) is 0 Å². The largest absolute Gasteiger partial charge is 0.497 e. The molecular weight excluding hydrogens is 564 g/mol. The minimum Gasteiger partial charge on any atom is -0.497 e. The van der Waals surface area contributed by atoms with E-state index in [9.17, 15) is 19.8 Å². The second kappa shape index (κ2) is 11.7. The first-order chi connectivity index (χ1) is 21.3. The van der Waals surface area contributed by atoms with Crippen LogP contribution < -0.4 is 14.2 Å². The van der Waals surface area contributed by atoms with E-state index >= 15 is 0 Å². The molecule has 9 heteroatoms. The van der Waals surface area contributed by atoms with Gasteiger partial charge in [0, 0.05) is 23.3 Å². The van der Waals surface area contributed by atoms with E-state index in [1.165, 1.54) is 7.11 Å². The summed E-state index contributed by atoms with van der Waals surface area (Å²) in [7, 11) is 1.54. The Morgan fingerprint density at radius 1 is 0.795 bits per heavy atom. The first kappa shape index (κ1) is 29.2. The molecule has 0 heterocycles. The maximum absolute atomic E-state index is 13.5. The SMILES string of the molecule is C=CC(=O)OCCOc1ccc(OCCOC(=O)C2CC3(O)c4ccccc4C2(O)c2ccc(OC)cc23)c2ccccc12. The predicted octanol–water partition coefficient (Wildman–Crippen LogP) is 4.38. The van der Waals surface area contributed by atoms with Crippen molar-refractivity contribution in [1.82, 2.24) is 0 Å². The van der Waals surface area contributed by atoms with Gasteiger partial charge in [-0.25, -0.2) is 4.79 Å². The predicted molar refractivity (Wildman–Crippen MR) is 161 cm³/mol. The van der Waals surface area contributed by atoms with Gasteiger partial charge in [0.05, 0.1) is 13.0 Å². The quantitative estimate of drug-likeness (QED) is 0.148. The Morgan fingerprint density at radius 3 is 2.02 bits per heavy atom. The number of hydrogen-bond acceptors (Lipinski definition) is 9. The molecule has 7 rings (SSSR count). The number of methoxy groups -OCH3 is 1. The summed E-state index contributed by atoms with van der Waals surface area (Å²) in [6.07, 6.45) is 1.05. The fourth-order valence-electron chi connectivity index (χ4n) is 6.33. The van der Waals surface area contributed by atoms with Crippen molar-refractivity contribution in [2.24, 2.45) is 5.92 Å². The topological polar surface area (TPSA) is 121 Å². The molecule has 226 valence electrons. The molecule has 44 heavy (non-hydrogen) atoms. The average molecular weight is 597 g/mol. The van der Waals surface area contributed by atoms with Crippen LogP contribution in [0.5, 0.6) is 17.2 Å². The molecule has 3 unspecified atom stereocenters. The van der Waals surface area contributed by atoms with Gasteiger partial charge in [-0.05, 0) is 46.5 Å². The number of rotatable bonds is 11. The van der Waals surface area contributed by atoms with Crippen LogP contribution >= 0.6 is 0 Å². The number of fused-ring (bicyclic) bond motifs is 2. The van der Waals surface area contributed by atoms with Crippen LogP contribution in [0.15, 0.2) is 91.5 Å². The highest BCUT2D eigenvalue weighted by Crippen LogP contribution is 2.60. The lowest BCUT2D eigenvalue weighted by molar-refractivity contribution is -0.167. The Hall–Kier alpha value is -4.86. The molecule has 3 aliphatic carbocycles. The van der Waals surface area contributed by atoms with Crippen molar-refractivity contribution >= 4 is 22.7 Å². The standard InChI is InChI=1S/C35H32O9/c1-3-32(36)43-18-16-41-30-14-15-31(24-9-5-4-8-23(24)30)42-17-19-44-33(37)29-21-34(38)25-10-6-7-11-26(25)35(29,39)27-13-12-22(40-2)20-28(27)34/h3-15,20,29,38-39H,1,16-19,21H2,2H3. The molecule has 4 aromatic rings. The second-order valence-corrected chi connectivity index (χ2v) is 10.7. The van der Waals surface area contributed by atoms with E-state index in [0.29, 0.717) is 39.5 Å². The number of carbonyl (C=O) groups is 2. The Labute approximate surface area is 254 Å². The van der Waals surface area contributed by atoms with E-state index in [4.69, 9.17) is 23.7 Å². The monoisotopic (exact) mass is 596 g/mol. The summed E-state index contributed by atoms with van der Waals surface area (Å²) < 4.78 is 27.8. The molecular formula is C35H32O9. The lowest BCUT2D eigenvalue weighted by Crippen LogP contribution is -2.57. The zero-order valence-electron chi connectivity index (χ0n) is 24.2. The van der Waals surface area contributed by atoms with Crippen molar-refractivity contribution in [2.45, 2.75) is 17.6 Å². The van der Waals surface area contributed by atoms with Crippen molar-refractivity contribution in [2.75, 3.05) is 33.5 Å². The van der Waals surface area contributed by atoms with Gasteiger partial charge >= 0.3 is 11.9 Å². The fraction of sp³-hybridized carbons (Fsp3) is 0.257. The zero-order chi connectivity index (χ0) is 30.9. The molecule has 9 nitrogen and oxygen atoms in total. The third kappa shape index (κ3) is 4.84. The third-order valence-electron chi connectivity index (χ3n) is 8.34. The second-order valence-electron chi connectivity index (χ2n) is 10.7. The van der Waals surface area contributed by atoms with Crippen molar-refractivity contribution in [1.29, 1.82) is 0 Å². The molecule has 0 fully saturated rings. The van der Waals surface area contributed by atoms with Crippen LogP contribution in [0.1, 0.15) is 28.7 Å². The van der Waals surface area contributed by atoms with Crippen LogP contribution in [-0.4, -0.2) is 55.7 Å². The summed E-state index contributed by atoms with van der Waals surface area (Å²) in [5.41, 5.74) is -1.17. The van der Waals surface area contributed by atoms with Gasteiger partial charge in [-0.15, -0.1) is 0 Å². The smallest absolute Gasteiger partial charge is 0.330 e. The Balaban J connectivity index is 1.14. The van der Waals surface area contributed by atoms with E-state index in [0.717, 1.165) is 16.8 Å². The highest BCUT2D eigenvalue weighted by Gasteiger charge is 2.62. The summed E-state index contributed by atoms with van der Waals surface area (Å²) in [5, 5.41) is 25.8. The van der Waals surface area contributed by atoms with Crippen molar-refractivity contribution in [3.05, 3.63) is 114 Å². The van der Waals surface area contributed by atoms with Gasteiger partial charge in [-0.1, -0.05) is 61.2 Å². The van der Waals surface area contributed by atoms with Crippen molar-refractivity contribution in [3.63, 3.8) is 0 Å². The first-order valence-corrected chi connectivity index (χ1v) is 14.3. The number of benzene rings is 4. The van der Waals surface area contributed by atoms with Crippen LogP contribution in [0, 0.1) is 5.92 Å². The van der Waals surface area contributed by atoms with E-state index in [1.807, 2.05) is 24.3 Å². The van der Waals surface area contributed by atoms with Gasteiger partial charge in [0.2, 0.25) is 0 Å². The van der Waals surface area contributed by atoms with Crippen molar-refractivity contribution < 1.29 is 43.5 Å². The molecule has 2 bridgehead atoms. The molecule has 0 radical (unpaired) electrons. The van der Waals surface area contributed by atoms with Gasteiger partial charge in [-0.2, -0.15) is 0 Å². The van der Waals surface area contributed by atoms with Gasteiger partial charge in [0.1, 0.15) is 54.9 Å². The summed E-state index contributed by atoms with van der Waals surface area (Å²) >= 11 is 0. The Kier molecular flexibility index (Phi) is 7.75. The van der Waals surface area contributed by atoms with Gasteiger partial charge < -0.3 is 33.9 Å². The molecule has 0 aromatic heterocycles. The third-order valence-corrected chi connectivity index (χ3v) is 8.34. The van der Waals surface area contributed by atoms with Gasteiger partial charge in [0.25, 0.3) is 0 Å².